The van der Waals surface area contributed by atoms with E-state index < -0.39 is 11.7 Å². The fourth-order valence-electron chi connectivity index (χ4n) is 4.68. The molecule has 41 heavy (non-hydrogen) atoms. The van der Waals surface area contributed by atoms with Gasteiger partial charge in [0.15, 0.2) is 5.78 Å². The molecule has 9 nitrogen and oxygen atoms in total. The lowest BCUT2D eigenvalue weighted by Crippen LogP contribution is -2.29. The molecule has 0 bridgehead atoms. The Hall–Kier alpha value is -4.76. The number of carbonyl (C=O) groups excluding carboxylic acids is 1. The summed E-state index contributed by atoms with van der Waals surface area (Å²) in [4.78, 5) is 35.9. The molecule has 0 aliphatic rings. The predicted octanol–water partition coefficient (Wildman–Crippen LogP) is 5.13. The molecule has 0 amide bonds. The molecule has 3 aromatic heterocycles. The van der Waals surface area contributed by atoms with E-state index in [1.54, 1.807) is 61.4 Å². The normalized spacial score (nSPS) is 12.0. The van der Waals surface area contributed by atoms with E-state index in [9.17, 15) is 14.7 Å². The number of hydrogen-bond acceptors (Lipinski definition) is 7. The number of ether oxygens (including phenoxy) is 2. The standard InChI is InChI=1S/C32H32N4O5/c1-20(2)29(38)19-35-21(3)31(32(39)36(35)23-8-6-5-7-9-23)28(37)16-22-10-11-25(18-34-22)41-30-14-15-33-27-17-24(40-4)12-13-26(27)30/h5-15,17-18,20,29,38H,16,19H2,1-4H3. The van der Waals surface area contributed by atoms with E-state index in [4.69, 9.17) is 9.47 Å². The summed E-state index contributed by atoms with van der Waals surface area (Å²) in [6.07, 6.45) is 2.47. The Balaban J connectivity index is 1.39. The summed E-state index contributed by atoms with van der Waals surface area (Å²) in [5, 5.41) is 11.4. The van der Waals surface area contributed by atoms with Crippen LogP contribution in [-0.2, 0) is 13.0 Å². The highest BCUT2D eigenvalue weighted by Gasteiger charge is 2.25. The first-order valence-corrected chi connectivity index (χ1v) is 13.4. The lowest BCUT2D eigenvalue weighted by molar-refractivity contribution is 0.0976. The van der Waals surface area contributed by atoms with Gasteiger partial charge in [0.05, 0.1) is 43.6 Å². The summed E-state index contributed by atoms with van der Waals surface area (Å²) in [6.45, 7) is 5.74. The number of methoxy groups -OCH3 is 1. The predicted molar refractivity (Wildman–Crippen MR) is 156 cm³/mol. The Morgan fingerprint density at radius 3 is 2.44 bits per heavy atom. The largest absolute Gasteiger partial charge is 0.497 e. The molecule has 0 radical (unpaired) electrons. The first kappa shape index (κ1) is 27.8. The van der Waals surface area contributed by atoms with Gasteiger partial charge >= 0.3 is 0 Å². The molecule has 0 saturated heterocycles. The quantitative estimate of drug-likeness (QED) is 0.239. The van der Waals surface area contributed by atoms with Crippen LogP contribution in [0.1, 0.15) is 35.6 Å². The molecule has 2 aromatic carbocycles. The molecule has 0 saturated carbocycles. The van der Waals surface area contributed by atoms with Crippen LogP contribution in [0.5, 0.6) is 17.2 Å². The maximum absolute atomic E-state index is 13.6. The summed E-state index contributed by atoms with van der Waals surface area (Å²) in [5.74, 6) is 1.46. The maximum atomic E-state index is 13.6. The zero-order chi connectivity index (χ0) is 29.1. The first-order valence-electron chi connectivity index (χ1n) is 13.4. The number of aliphatic hydroxyl groups is 1. The lowest BCUT2D eigenvalue weighted by Gasteiger charge is -2.19. The number of ketones is 1. The van der Waals surface area contributed by atoms with Crippen molar-refractivity contribution in [1.82, 2.24) is 19.3 Å². The Morgan fingerprint density at radius 2 is 1.76 bits per heavy atom. The molecular formula is C32H32N4O5. The Kier molecular flexibility index (Phi) is 7.98. The number of pyridine rings is 2. The third-order valence-electron chi connectivity index (χ3n) is 7.08. The summed E-state index contributed by atoms with van der Waals surface area (Å²) >= 11 is 0. The third-order valence-corrected chi connectivity index (χ3v) is 7.08. The van der Waals surface area contributed by atoms with Gasteiger partial charge in [-0.1, -0.05) is 32.0 Å². The van der Waals surface area contributed by atoms with Gasteiger partial charge in [-0.3, -0.25) is 24.2 Å². The van der Waals surface area contributed by atoms with E-state index in [0.717, 1.165) is 10.9 Å². The highest BCUT2D eigenvalue weighted by Crippen LogP contribution is 2.30. The molecule has 3 heterocycles. The summed E-state index contributed by atoms with van der Waals surface area (Å²) < 4.78 is 14.5. The van der Waals surface area contributed by atoms with Gasteiger partial charge < -0.3 is 14.6 Å². The van der Waals surface area contributed by atoms with Gasteiger partial charge in [0, 0.05) is 29.0 Å². The van der Waals surface area contributed by atoms with Crippen molar-refractivity contribution < 1.29 is 19.4 Å². The van der Waals surface area contributed by atoms with Crippen molar-refractivity contribution in [3.05, 3.63) is 106 Å². The molecule has 0 aliphatic carbocycles. The van der Waals surface area contributed by atoms with Crippen molar-refractivity contribution in [1.29, 1.82) is 0 Å². The van der Waals surface area contributed by atoms with E-state index in [1.165, 1.54) is 4.68 Å². The Morgan fingerprint density at radius 1 is 1.00 bits per heavy atom. The van der Waals surface area contributed by atoms with Crippen LogP contribution in [0.25, 0.3) is 16.6 Å². The SMILES string of the molecule is COc1ccc2c(Oc3ccc(CC(=O)c4c(C)n(CC(O)C(C)C)n(-c5ccccc5)c4=O)nc3)ccnc2c1. The number of nitrogens with zero attached hydrogens (tertiary/aromatic N) is 4. The van der Waals surface area contributed by atoms with E-state index in [-0.39, 0.29) is 30.2 Å². The number of aliphatic hydroxyl groups excluding tert-OH is 1. The van der Waals surface area contributed by atoms with E-state index in [1.807, 2.05) is 50.2 Å². The molecular weight excluding hydrogens is 520 g/mol. The van der Waals surface area contributed by atoms with E-state index in [0.29, 0.717) is 34.3 Å². The molecule has 210 valence electrons. The van der Waals surface area contributed by atoms with Crippen LogP contribution >= 0.6 is 0 Å². The van der Waals surface area contributed by atoms with Gasteiger partial charge in [-0.2, -0.15) is 0 Å². The average Bonchev–Trinajstić information content (AvgIpc) is 3.22. The van der Waals surface area contributed by atoms with Crippen molar-refractivity contribution in [2.24, 2.45) is 5.92 Å². The lowest BCUT2D eigenvalue weighted by atomic mass is 10.1. The zero-order valence-corrected chi connectivity index (χ0v) is 23.4. The minimum absolute atomic E-state index is 0.0202. The van der Waals surface area contributed by atoms with Crippen LogP contribution in [0, 0.1) is 12.8 Å². The first-order chi connectivity index (χ1) is 19.8. The van der Waals surface area contributed by atoms with Crippen LogP contribution in [0.2, 0.25) is 0 Å². The monoisotopic (exact) mass is 552 g/mol. The minimum atomic E-state index is -0.688. The minimum Gasteiger partial charge on any atom is -0.497 e. The van der Waals surface area contributed by atoms with E-state index in [2.05, 4.69) is 9.97 Å². The summed E-state index contributed by atoms with van der Waals surface area (Å²) in [6, 6.07) is 19.9. The van der Waals surface area contributed by atoms with Crippen LogP contribution < -0.4 is 15.0 Å². The van der Waals surface area contributed by atoms with Gasteiger partial charge in [0.2, 0.25) is 0 Å². The van der Waals surface area contributed by atoms with Gasteiger partial charge in [-0.15, -0.1) is 0 Å². The van der Waals surface area contributed by atoms with Crippen molar-refractivity contribution >= 4 is 16.7 Å². The number of fused-ring (bicyclic) bond motifs is 1. The van der Waals surface area contributed by atoms with Crippen LogP contribution in [0.4, 0.5) is 0 Å². The van der Waals surface area contributed by atoms with Crippen molar-refractivity contribution in [2.75, 3.05) is 7.11 Å². The maximum Gasteiger partial charge on any atom is 0.282 e. The highest BCUT2D eigenvalue weighted by atomic mass is 16.5. The van der Waals surface area contributed by atoms with Crippen molar-refractivity contribution in [3.63, 3.8) is 0 Å². The second-order valence-corrected chi connectivity index (χ2v) is 10.2. The third kappa shape index (κ3) is 5.76. The van der Waals surface area contributed by atoms with Crippen LogP contribution in [0.3, 0.4) is 0 Å². The van der Waals surface area contributed by atoms with Crippen molar-refractivity contribution in [3.8, 4) is 22.9 Å². The van der Waals surface area contributed by atoms with Gasteiger partial charge in [-0.25, -0.2) is 4.68 Å². The Bertz CT molecular complexity index is 1740. The van der Waals surface area contributed by atoms with Gasteiger partial charge in [0.1, 0.15) is 22.8 Å². The van der Waals surface area contributed by atoms with Crippen LogP contribution in [0.15, 0.2) is 83.9 Å². The molecule has 0 aliphatic heterocycles. The topological polar surface area (TPSA) is 108 Å². The smallest absolute Gasteiger partial charge is 0.282 e. The number of para-hydroxylation sites is 1. The molecule has 5 rings (SSSR count). The Labute approximate surface area is 237 Å². The van der Waals surface area contributed by atoms with Crippen molar-refractivity contribution in [2.45, 2.75) is 39.8 Å². The zero-order valence-electron chi connectivity index (χ0n) is 23.4. The molecule has 1 N–H and O–H groups in total. The highest BCUT2D eigenvalue weighted by molar-refractivity contribution is 5.98. The molecule has 0 fully saturated rings. The number of benzene rings is 2. The number of Topliss-reactive ketones (excluding diaryl/α,β-unsaturated/α-hetero) is 1. The molecule has 0 spiro atoms. The average molecular weight is 553 g/mol. The number of rotatable bonds is 10. The van der Waals surface area contributed by atoms with Gasteiger partial charge in [-0.05, 0) is 55.3 Å². The van der Waals surface area contributed by atoms with Gasteiger partial charge in [0.25, 0.3) is 5.56 Å². The molecule has 5 aromatic rings. The molecule has 1 unspecified atom stereocenters. The fourth-order valence-corrected chi connectivity index (χ4v) is 4.68. The number of hydrogen-bond donors (Lipinski definition) is 1. The molecule has 9 heteroatoms. The number of aromatic nitrogens is 4. The molecule has 1 atom stereocenters. The summed E-state index contributed by atoms with van der Waals surface area (Å²) in [7, 11) is 1.60. The second kappa shape index (κ2) is 11.8. The van der Waals surface area contributed by atoms with E-state index >= 15 is 0 Å². The second-order valence-electron chi connectivity index (χ2n) is 10.2. The fraction of sp³-hybridized carbons (Fsp3) is 0.250. The van der Waals surface area contributed by atoms with Crippen LogP contribution in [-0.4, -0.2) is 43.4 Å². The number of carbonyl (C=O) groups is 1. The summed E-state index contributed by atoms with van der Waals surface area (Å²) in [5.41, 5.74) is 2.04.